The molecule has 5 heteroatoms. The molecule has 2 unspecified atom stereocenters. The van der Waals surface area contributed by atoms with Gasteiger partial charge in [-0.25, -0.2) is 0 Å². The van der Waals surface area contributed by atoms with Crippen molar-refractivity contribution in [3.8, 4) is 23.9 Å². The van der Waals surface area contributed by atoms with Crippen LogP contribution in [0.25, 0.3) is 54.9 Å². The van der Waals surface area contributed by atoms with E-state index in [4.69, 9.17) is 0 Å². The molecule has 2 aliphatic rings. The largest absolute Gasteiger partial charge is 0.333 e. The molecule has 2 heterocycles. The second kappa shape index (κ2) is 11.7. The van der Waals surface area contributed by atoms with Crippen molar-refractivity contribution < 1.29 is 0 Å². The molecule has 0 N–H and O–H groups in total. The lowest BCUT2D eigenvalue weighted by Crippen LogP contribution is -2.11. The standard InChI is InChI=1S/C45H29N5/c46-26-29-13-20-34(39(23-29)32-16-18-33(19-17-32)49-41-10-4-1-7-35(41)36-8-2-5-11-42(36)49)38-21-14-31(28-48)25-45(38)50-43-12-6-3-9-37(43)40-24-30(27-47)15-22-44(40)50/h1-12,14-18,20-25,29,33H,13,19H2. The Morgan fingerprint density at radius 2 is 1.20 bits per heavy atom. The second-order valence-electron chi connectivity index (χ2n) is 12.9. The summed E-state index contributed by atoms with van der Waals surface area (Å²) in [7, 11) is 0. The third kappa shape index (κ3) is 4.51. The van der Waals surface area contributed by atoms with Crippen LogP contribution in [-0.4, -0.2) is 9.13 Å². The van der Waals surface area contributed by atoms with Crippen molar-refractivity contribution in [2.75, 3.05) is 0 Å². The molecule has 0 bridgehead atoms. The molecule has 5 nitrogen and oxygen atoms in total. The van der Waals surface area contributed by atoms with Crippen LogP contribution in [-0.2, 0) is 0 Å². The van der Waals surface area contributed by atoms with Crippen LogP contribution in [0.5, 0.6) is 0 Å². The number of fused-ring (bicyclic) bond motifs is 6. The molecule has 50 heavy (non-hydrogen) atoms. The number of benzene rings is 5. The lowest BCUT2D eigenvalue weighted by Gasteiger charge is -2.26. The highest BCUT2D eigenvalue weighted by molar-refractivity contribution is 6.10. The first-order valence-corrected chi connectivity index (χ1v) is 16.8. The van der Waals surface area contributed by atoms with E-state index >= 15 is 0 Å². The summed E-state index contributed by atoms with van der Waals surface area (Å²) in [5, 5.41) is 34.3. The van der Waals surface area contributed by atoms with E-state index in [1.165, 1.54) is 21.8 Å². The van der Waals surface area contributed by atoms with Crippen LogP contribution in [0.2, 0.25) is 0 Å². The topological polar surface area (TPSA) is 81.2 Å². The average molecular weight is 640 g/mol. The summed E-state index contributed by atoms with van der Waals surface area (Å²) in [6, 6.07) is 44.3. The summed E-state index contributed by atoms with van der Waals surface area (Å²) in [5.41, 5.74) is 10.6. The lowest BCUT2D eigenvalue weighted by molar-refractivity contribution is 0.645. The molecule has 2 aliphatic carbocycles. The van der Waals surface area contributed by atoms with Crippen molar-refractivity contribution >= 4 is 49.2 Å². The molecular weight excluding hydrogens is 611 g/mol. The fourth-order valence-electron chi connectivity index (χ4n) is 7.94. The van der Waals surface area contributed by atoms with Crippen LogP contribution in [0.3, 0.4) is 0 Å². The highest BCUT2D eigenvalue weighted by Crippen LogP contribution is 2.43. The van der Waals surface area contributed by atoms with Gasteiger partial charge in [-0.15, -0.1) is 0 Å². The first kappa shape index (κ1) is 29.3. The zero-order chi connectivity index (χ0) is 33.8. The maximum absolute atomic E-state index is 10.1. The third-order valence-electron chi connectivity index (χ3n) is 10.2. The van der Waals surface area contributed by atoms with E-state index in [9.17, 15) is 15.8 Å². The summed E-state index contributed by atoms with van der Waals surface area (Å²) in [6.45, 7) is 0. The molecule has 0 amide bonds. The molecule has 0 aliphatic heterocycles. The van der Waals surface area contributed by atoms with Crippen LogP contribution in [0.4, 0.5) is 0 Å². The number of para-hydroxylation sites is 3. The molecule has 7 aromatic rings. The zero-order valence-corrected chi connectivity index (χ0v) is 27.1. The van der Waals surface area contributed by atoms with Gasteiger partial charge in [0.2, 0.25) is 0 Å². The van der Waals surface area contributed by atoms with Gasteiger partial charge in [0.05, 0.1) is 58.0 Å². The van der Waals surface area contributed by atoms with E-state index in [1.54, 1.807) is 0 Å². The number of allylic oxidation sites excluding steroid dienone is 8. The number of nitriles is 3. The molecule has 0 spiro atoms. The molecule has 0 fully saturated rings. The van der Waals surface area contributed by atoms with E-state index in [0.29, 0.717) is 17.5 Å². The van der Waals surface area contributed by atoms with Crippen molar-refractivity contribution in [2.45, 2.75) is 18.9 Å². The van der Waals surface area contributed by atoms with Gasteiger partial charge in [0, 0.05) is 38.1 Å². The van der Waals surface area contributed by atoms with E-state index in [1.807, 2.05) is 48.5 Å². The molecule has 0 saturated heterocycles. The first-order chi connectivity index (χ1) is 24.7. The van der Waals surface area contributed by atoms with Gasteiger partial charge in [-0.3, -0.25) is 0 Å². The molecule has 9 rings (SSSR count). The van der Waals surface area contributed by atoms with Gasteiger partial charge < -0.3 is 9.13 Å². The van der Waals surface area contributed by atoms with Gasteiger partial charge in [-0.05, 0) is 78.1 Å². The average Bonchev–Trinajstić information content (AvgIpc) is 3.70. The molecule has 0 radical (unpaired) electrons. The van der Waals surface area contributed by atoms with E-state index in [0.717, 1.165) is 56.2 Å². The molecule has 2 atom stereocenters. The minimum absolute atomic E-state index is 0.147. The SMILES string of the molecule is N#Cc1ccc(C2=CCC(C#N)C=C2C2=CCC(n3c4ccccc4c4ccccc43)C=C2)c(-n2c3ccccc3c3cc(C#N)ccc32)c1. The molecule has 0 saturated carbocycles. The fraction of sp³-hybridized carbons (Fsp3) is 0.0889. The smallest absolute Gasteiger partial charge is 0.0992 e. The quantitative estimate of drug-likeness (QED) is 0.192. The number of aromatic nitrogens is 2. The van der Waals surface area contributed by atoms with Crippen LogP contribution in [0.1, 0.15) is 35.6 Å². The Balaban J connectivity index is 1.18. The van der Waals surface area contributed by atoms with Crippen LogP contribution in [0, 0.1) is 39.9 Å². The minimum Gasteiger partial charge on any atom is -0.333 e. The van der Waals surface area contributed by atoms with Crippen molar-refractivity contribution in [1.82, 2.24) is 9.13 Å². The molecule has 2 aromatic heterocycles. The van der Waals surface area contributed by atoms with Gasteiger partial charge in [-0.2, -0.15) is 15.8 Å². The zero-order valence-electron chi connectivity index (χ0n) is 27.1. The summed E-state index contributed by atoms with van der Waals surface area (Å²) in [6.07, 6.45) is 12.5. The summed E-state index contributed by atoms with van der Waals surface area (Å²) in [5.74, 6) is -0.238. The van der Waals surface area contributed by atoms with Gasteiger partial charge in [0.1, 0.15) is 0 Å². The molecular formula is C45H29N5. The number of nitrogens with zero attached hydrogens (tertiary/aromatic N) is 5. The maximum atomic E-state index is 10.1. The van der Waals surface area contributed by atoms with Crippen molar-refractivity contribution in [3.63, 3.8) is 0 Å². The second-order valence-corrected chi connectivity index (χ2v) is 12.9. The maximum Gasteiger partial charge on any atom is 0.0992 e. The Morgan fingerprint density at radius 3 is 1.86 bits per heavy atom. The normalized spacial score (nSPS) is 17.3. The monoisotopic (exact) mass is 639 g/mol. The summed E-state index contributed by atoms with van der Waals surface area (Å²) < 4.78 is 4.65. The predicted molar refractivity (Wildman–Crippen MR) is 200 cm³/mol. The number of rotatable bonds is 4. The summed E-state index contributed by atoms with van der Waals surface area (Å²) >= 11 is 0. The van der Waals surface area contributed by atoms with E-state index in [-0.39, 0.29) is 12.0 Å². The minimum atomic E-state index is -0.238. The van der Waals surface area contributed by atoms with Crippen molar-refractivity contribution in [1.29, 1.82) is 15.8 Å². The van der Waals surface area contributed by atoms with Gasteiger partial charge in [0.15, 0.2) is 0 Å². The number of hydrogen-bond donors (Lipinski definition) is 0. The van der Waals surface area contributed by atoms with Crippen LogP contribution in [0.15, 0.2) is 151 Å². The Morgan fingerprint density at radius 1 is 0.580 bits per heavy atom. The molecule has 234 valence electrons. The highest BCUT2D eigenvalue weighted by Gasteiger charge is 2.26. The van der Waals surface area contributed by atoms with Gasteiger partial charge in [-0.1, -0.05) is 91.0 Å². The Kier molecular flexibility index (Phi) is 6.84. The number of hydrogen-bond acceptors (Lipinski definition) is 3. The molecule has 5 aromatic carbocycles. The Bertz CT molecular complexity index is 2760. The van der Waals surface area contributed by atoms with E-state index < -0.39 is 0 Å². The summed E-state index contributed by atoms with van der Waals surface area (Å²) in [4.78, 5) is 0. The Hall–Kier alpha value is -6.87. The van der Waals surface area contributed by atoms with E-state index in [2.05, 4.69) is 118 Å². The van der Waals surface area contributed by atoms with Crippen LogP contribution >= 0.6 is 0 Å². The van der Waals surface area contributed by atoms with Crippen molar-refractivity contribution in [2.24, 2.45) is 5.92 Å². The first-order valence-electron chi connectivity index (χ1n) is 16.8. The van der Waals surface area contributed by atoms with Gasteiger partial charge >= 0.3 is 0 Å². The van der Waals surface area contributed by atoms with Crippen molar-refractivity contribution in [3.05, 3.63) is 167 Å². The Labute approximate surface area is 289 Å². The highest BCUT2D eigenvalue weighted by atomic mass is 15.0. The van der Waals surface area contributed by atoms with Gasteiger partial charge in [0.25, 0.3) is 0 Å². The predicted octanol–water partition coefficient (Wildman–Crippen LogP) is 10.6. The lowest BCUT2D eigenvalue weighted by atomic mass is 9.81. The van der Waals surface area contributed by atoms with Crippen LogP contribution < -0.4 is 0 Å². The fourth-order valence-corrected chi connectivity index (χ4v) is 7.94. The third-order valence-corrected chi connectivity index (χ3v) is 10.2.